The van der Waals surface area contributed by atoms with E-state index >= 15 is 0 Å². The normalized spacial score (nSPS) is 13.9. The number of aliphatic hydroxyl groups is 1. The van der Waals surface area contributed by atoms with Gasteiger partial charge in [0.15, 0.2) is 17.6 Å². The molecule has 0 aliphatic carbocycles. The van der Waals surface area contributed by atoms with Gasteiger partial charge in [-0.25, -0.2) is 0 Å². The molecule has 0 saturated carbocycles. The maximum absolute atomic E-state index is 10.9. The average molecular weight is 239 g/mol. The number of ether oxygens (including phenoxy) is 2. The van der Waals surface area contributed by atoms with Crippen LogP contribution in [0, 0.1) is 0 Å². The Balaban J connectivity index is 2.96. The van der Waals surface area contributed by atoms with Crippen LogP contribution in [0.4, 0.5) is 0 Å². The van der Waals surface area contributed by atoms with Crippen LogP contribution in [0.15, 0.2) is 18.2 Å². The summed E-state index contributed by atoms with van der Waals surface area (Å²) in [6, 6.07) is 5.00. The topological polar surface area (TPSA) is 81.8 Å². The highest BCUT2D eigenvalue weighted by molar-refractivity contribution is 5.78. The van der Waals surface area contributed by atoms with Crippen LogP contribution in [0.25, 0.3) is 0 Å². The molecule has 3 N–H and O–H groups in total. The van der Waals surface area contributed by atoms with Gasteiger partial charge in [-0.05, 0) is 31.5 Å². The number of amides is 1. The van der Waals surface area contributed by atoms with Gasteiger partial charge in [-0.2, -0.15) is 0 Å². The highest BCUT2D eigenvalue weighted by atomic mass is 16.5. The first-order valence-corrected chi connectivity index (χ1v) is 5.27. The monoisotopic (exact) mass is 239 g/mol. The molecule has 94 valence electrons. The van der Waals surface area contributed by atoms with Crippen molar-refractivity contribution in [1.29, 1.82) is 0 Å². The minimum Gasteiger partial charge on any atom is -0.493 e. The van der Waals surface area contributed by atoms with Gasteiger partial charge in [0, 0.05) is 0 Å². The molecule has 1 aromatic rings. The number of benzene rings is 1. The largest absolute Gasteiger partial charge is 0.493 e. The van der Waals surface area contributed by atoms with Crippen molar-refractivity contribution in [3.05, 3.63) is 23.8 Å². The van der Waals surface area contributed by atoms with Crippen molar-refractivity contribution in [2.24, 2.45) is 5.73 Å². The third-order valence-corrected chi connectivity index (χ3v) is 2.37. The lowest BCUT2D eigenvalue weighted by Gasteiger charge is -2.15. The Kier molecular flexibility index (Phi) is 4.34. The molecule has 0 radical (unpaired) electrons. The number of rotatable bonds is 5. The Morgan fingerprint density at radius 1 is 1.35 bits per heavy atom. The van der Waals surface area contributed by atoms with E-state index in [1.807, 2.05) is 0 Å². The number of carbonyl (C=O) groups is 1. The van der Waals surface area contributed by atoms with Crippen LogP contribution in [0.2, 0.25) is 0 Å². The van der Waals surface area contributed by atoms with E-state index in [1.54, 1.807) is 32.0 Å². The lowest BCUT2D eigenvalue weighted by atomic mass is 10.1. The highest BCUT2D eigenvalue weighted by Crippen LogP contribution is 2.30. The summed E-state index contributed by atoms with van der Waals surface area (Å²) in [6.45, 7) is 3.21. The van der Waals surface area contributed by atoms with Gasteiger partial charge in [-0.3, -0.25) is 4.79 Å². The van der Waals surface area contributed by atoms with Crippen molar-refractivity contribution in [3.63, 3.8) is 0 Å². The van der Waals surface area contributed by atoms with Crippen molar-refractivity contribution in [2.75, 3.05) is 7.11 Å². The lowest BCUT2D eigenvalue weighted by Crippen LogP contribution is -2.30. The van der Waals surface area contributed by atoms with Crippen LogP contribution < -0.4 is 15.2 Å². The molecule has 0 bridgehead atoms. The quantitative estimate of drug-likeness (QED) is 0.803. The molecule has 2 atom stereocenters. The Bertz CT molecular complexity index is 403. The van der Waals surface area contributed by atoms with E-state index in [2.05, 4.69) is 0 Å². The van der Waals surface area contributed by atoms with Crippen molar-refractivity contribution < 1.29 is 19.4 Å². The second kappa shape index (κ2) is 5.54. The van der Waals surface area contributed by atoms with Crippen LogP contribution in [0.1, 0.15) is 25.5 Å². The maximum atomic E-state index is 10.9. The lowest BCUT2D eigenvalue weighted by molar-refractivity contribution is -0.124. The van der Waals surface area contributed by atoms with Gasteiger partial charge in [0.05, 0.1) is 13.2 Å². The van der Waals surface area contributed by atoms with Gasteiger partial charge in [-0.1, -0.05) is 6.07 Å². The first-order chi connectivity index (χ1) is 7.95. The molecule has 5 nitrogen and oxygen atoms in total. The summed E-state index contributed by atoms with van der Waals surface area (Å²) in [4.78, 5) is 10.9. The van der Waals surface area contributed by atoms with E-state index in [1.165, 1.54) is 7.11 Å². The molecule has 1 unspecified atom stereocenters. The third kappa shape index (κ3) is 3.35. The van der Waals surface area contributed by atoms with E-state index in [-0.39, 0.29) is 0 Å². The second-order valence-corrected chi connectivity index (χ2v) is 3.75. The third-order valence-electron chi connectivity index (χ3n) is 2.37. The van der Waals surface area contributed by atoms with Gasteiger partial charge >= 0.3 is 0 Å². The Hall–Kier alpha value is -1.75. The number of hydrogen-bond acceptors (Lipinski definition) is 4. The van der Waals surface area contributed by atoms with Gasteiger partial charge in [-0.15, -0.1) is 0 Å². The SMILES string of the molecule is COc1cc([C@H](C)O)ccc1OC(C)C(N)=O. The fraction of sp³-hybridized carbons (Fsp3) is 0.417. The first-order valence-electron chi connectivity index (χ1n) is 5.27. The molecule has 1 rings (SSSR count). The summed E-state index contributed by atoms with van der Waals surface area (Å²) in [5.41, 5.74) is 5.82. The van der Waals surface area contributed by atoms with E-state index in [0.717, 1.165) is 0 Å². The molecule has 17 heavy (non-hydrogen) atoms. The molecule has 5 heteroatoms. The Morgan fingerprint density at radius 3 is 2.47 bits per heavy atom. The van der Waals surface area contributed by atoms with Crippen molar-refractivity contribution in [1.82, 2.24) is 0 Å². The van der Waals surface area contributed by atoms with Crippen molar-refractivity contribution in [2.45, 2.75) is 26.1 Å². The standard InChI is InChI=1S/C12H17NO4/c1-7(14)9-4-5-10(11(6-9)16-3)17-8(2)12(13)15/h4-8,14H,1-3H3,(H2,13,15)/t7-,8?/m0/s1. The van der Waals surface area contributed by atoms with Crippen LogP contribution in [-0.4, -0.2) is 24.2 Å². The smallest absolute Gasteiger partial charge is 0.258 e. The predicted octanol–water partition coefficient (Wildman–Crippen LogP) is 1.00. The number of carbonyl (C=O) groups excluding carboxylic acids is 1. The Labute approximate surface area is 100 Å². The molecule has 1 aromatic carbocycles. The van der Waals surface area contributed by atoms with E-state index in [4.69, 9.17) is 15.2 Å². The van der Waals surface area contributed by atoms with Crippen molar-refractivity contribution in [3.8, 4) is 11.5 Å². The van der Waals surface area contributed by atoms with Gasteiger partial charge < -0.3 is 20.3 Å². The van der Waals surface area contributed by atoms with Gasteiger partial charge in [0.1, 0.15) is 0 Å². The molecular weight excluding hydrogens is 222 g/mol. The van der Waals surface area contributed by atoms with Gasteiger partial charge in [0.2, 0.25) is 0 Å². The zero-order valence-electron chi connectivity index (χ0n) is 10.1. The van der Waals surface area contributed by atoms with Crippen LogP contribution >= 0.6 is 0 Å². The van der Waals surface area contributed by atoms with Crippen LogP contribution in [0.3, 0.4) is 0 Å². The average Bonchev–Trinajstić information content (AvgIpc) is 2.28. The Morgan fingerprint density at radius 2 is 2.00 bits per heavy atom. The molecule has 0 aliphatic heterocycles. The van der Waals surface area contributed by atoms with Crippen LogP contribution in [0.5, 0.6) is 11.5 Å². The predicted molar refractivity (Wildman–Crippen MR) is 62.9 cm³/mol. The molecule has 0 heterocycles. The summed E-state index contributed by atoms with van der Waals surface area (Å²) in [5, 5.41) is 9.43. The van der Waals surface area contributed by atoms with Crippen LogP contribution in [-0.2, 0) is 4.79 Å². The zero-order valence-corrected chi connectivity index (χ0v) is 10.1. The minimum absolute atomic E-state index is 0.420. The summed E-state index contributed by atoms with van der Waals surface area (Å²) in [7, 11) is 1.49. The van der Waals surface area contributed by atoms with Crippen molar-refractivity contribution >= 4 is 5.91 Å². The molecule has 0 spiro atoms. The van der Waals surface area contributed by atoms with E-state index < -0.39 is 18.1 Å². The number of nitrogens with two attached hydrogens (primary N) is 1. The minimum atomic E-state index is -0.735. The fourth-order valence-electron chi connectivity index (χ4n) is 1.29. The summed E-state index contributed by atoms with van der Waals surface area (Å²) >= 11 is 0. The fourth-order valence-corrected chi connectivity index (χ4v) is 1.29. The summed E-state index contributed by atoms with van der Waals surface area (Å²) < 4.78 is 10.5. The molecule has 0 aliphatic rings. The zero-order chi connectivity index (χ0) is 13.0. The number of aliphatic hydroxyl groups excluding tert-OH is 1. The first kappa shape index (κ1) is 13.3. The summed E-state index contributed by atoms with van der Waals surface area (Å²) in [6.07, 6.45) is -1.33. The molecule has 0 fully saturated rings. The van der Waals surface area contributed by atoms with E-state index in [0.29, 0.717) is 17.1 Å². The molecule has 0 aromatic heterocycles. The van der Waals surface area contributed by atoms with E-state index in [9.17, 15) is 9.90 Å². The number of primary amides is 1. The maximum Gasteiger partial charge on any atom is 0.258 e. The molecule has 1 amide bonds. The molecular formula is C12H17NO4. The van der Waals surface area contributed by atoms with Gasteiger partial charge in [0.25, 0.3) is 5.91 Å². The highest BCUT2D eigenvalue weighted by Gasteiger charge is 2.14. The molecule has 0 saturated heterocycles. The number of methoxy groups -OCH3 is 1. The summed E-state index contributed by atoms with van der Waals surface area (Å²) in [5.74, 6) is 0.325. The number of hydrogen-bond donors (Lipinski definition) is 2. The second-order valence-electron chi connectivity index (χ2n) is 3.75.